The summed E-state index contributed by atoms with van der Waals surface area (Å²) < 4.78 is 0. The van der Waals surface area contributed by atoms with Crippen molar-refractivity contribution in [3.8, 4) is 0 Å². The quantitative estimate of drug-likeness (QED) is 0.391. The van der Waals surface area contributed by atoms with Gasteiger partial charge in [-0.05, 0) is 6.08 Å². The summed E-state index contributed by atoms with van der Waals surface area (Å²) in [6.45, 7) is 0. The summed E-state index contributed by atoms with van der Waals surface area (Å²) in [7, 11) is 0. The number of primary amides is 1. The van der Waals surface area contributed by atoms with E-state index in [9.17, 15) is 9.59 Å². The Morgan fingerprint density at radius 2 is 1.88 bits per heavy atom. The normalized spacial score (nSPS) is 9.62. The summed E-state index contributed by atoms with van der Waals surface area (Å²) >= 11 is 3.34. The first-order valence-corrected chi connectivity index (χ1v) is 2.28. The van der Waals surface area contributed by atoms with Crippen LogP contribution >= 0.6 is 12.6 Å². The maximum Gasteiger partial charge on any atom is 0.241 e. The second-order valence-corrected chi connectivity index (χ2v) is 1.51. The Hall–Kier alpha value is -0.770. The van der Waals surface area contributed by atoms with Gasteiger partial charge in [0.15, 0.2) is 0 Å². The zero-order valence-corrected chi connectivity index (χ0v) is 4.89. The predicted molar refractivity (Wildman–Crippen MR) is 32.3 cm³/mol. The topological polar surface area (TPSA) is 60.2 Å². The highest BCUT2D eigenvalue weighted by Gasteiger charge is 1.84. The highest BCUT2D eigenvalue weighted by atomic mass is 32.1. The number of hydrogen-bond donors (Lipinski definition) is 2. The first kappa shape index (κ1) is 7.23. The van der Waals surface area contributed by atoms with Crippen LogP contribution in [-0.2, 0) is 9.59 Å². The van der Waals surface area contributed by atoms with Gasteiger partial charge in [-0.2, -0.15) is 0 Å². The van der Waals surface area contributed by atoms with Crippen LogP contribution in [0.5, 0.6) is 0 Å². The van der Waals surface area contributed by atoms with E-state index in [0.717, 1.165) is 12.2 Å². The van der Waals surface area contributed by atoms with Gasteiger partial charge >= 0.3 is 0 Å². The third kappa shape index (κ3) is 5.23. The lowest BCUT2D eigenvalue weighted by atomic mass is 10.5. The van der Waals surface area contributed by atoms with Crippen molar-refractivity contribution in [2.75, 3.05) is 0 Å². The molecule has 8 heavy (non-hydrogen) atoms. The lowest BCUT2D eigenvalue weighted by Crippen LogP contribution is -2.05. The minimum Gasteiger partial charge on any atom is -0.366 e. The molecule has 0 aromatic rings. The van der Waals surface area contributed by atoms with Crippen LogP contribution in [0.3, 0.4) is 0 Å². The third-order valence-electron chi connectivity index (χ3n) is 0.390. The molecule has 0 aromatic carbocycles. The lowest BCUT2D eigenvalue weighted by molar-refractivity contribution is -0.114. The summed E-state index contributed by atoms with van der Waals surface area (Å²) in [5, 5.41) is -0.483. The molecular weight excluding hydrogens is 126 g/mol. The Morgan fingerprint density at radius 3 is 2.00 bits per heavy atom. The molecule has 3 nitrogen and oxygen atoms in total. The van der Waals surface area contributed by atoms with Crippen LogP contribution in [0, 0.1) is 0 Å². The number of carbonyl (C=O) groups excluding carboxylic acids is 2. The van der Waals surface area contributed by atoms with Crippen LogP contribution in [0.4, 0.5) is 0 Å². The molecule has 0 atom stereocenters. The van der Waals surface area contributed by atoms with Gasteiger partial charge in [0.1, 0.15) is 0 Å². The second kappa shape index (κ2) is 3.26. The molecule has 1 amide bonds. The fraction of sp³-hybridized carbons (Fsp3) is 0. The first-order valence-electron chi connectivity index (χ1n) is 1.83. The molecule has 0 heterocycles. The van der Waals surface area contributed by atoms with Crippen molar-refractivity contribution in [3.63, 3.8) is 0 Å². The van der Waals surface area contributed by atoms with Crippen molar-refractivity contribution >= 4 is 23.7 Å². The highest BCUT2D eigenvalue weighted by molar-refractivity contribution is 7.97. The minimum atomic E-state index is -0.646. The van der Waals surface area contributed by atoms with Crippen LogP contribution in [0.2, 0.25) is 0 Å². The zero-order chi connectivity index (χ0) is 6.57. The van der Waals surface area contributed by atoms with E-state index in [2.05, 4.69) is 18.4 Å². The minimum absolute atomic E-state index is 0.483. The Kier molecular flexibility index (Phi) is 2.95. The summed E-state index contributed by atoms with van der Waals surface area (Å²) in [5.74, 6) is -0.646. The van der Waals surface area contributed by atoms with Crippen molar-refractivity contribution in [3.05, 3.63) is 12.2 Å². The molecule has 0 aromatic heterocycles. The van der Waals surface area contributed by atoms with Crippen LogP contribution < -0.4 is 5.73 Å². The predicted octanol–water partition coefficient (Wildman–Crippen LogP) is -0.516. The van der Waals surface area contributed by atoms with Gasteiger partial charge in [-0.3, -0.25) is 9.59 Å². The van der Waals surface area contributed by atoms with Gasteiger partial charge in [0.2, 0.25) is 11.0 Å². The van der Waals surface area contributed by atoms with Crippen molar-refractivity contribution in [2.45, 2.75) is 0 Å². The van der Waals surface area contributed by atoms with E-state index in [4.69, 9.17) is 0 Å². The van der Waals surface area contributed by atoms with Gasteiger partial charge in [-0.25, -0.2) is 0 Å². The number of carbonyl (C=O) groups is 2. The van der Waals surface area contributed by atoms with Gasteiger partial charge < -0.3 is 5.73 Å². The van der Waals surface area contributed by atoms with E-state index in [1.54, 1.807) is 0 Å². The molecule has 0 aliphatic rings. The second-order valence-electron chi connectivity index (χ2n) is 1.07. The smallest absolute Gasteiger partial charge is 0.241 e. The number of thiol groups is 1. The molecule has 0 unspecified atom stereocenters. The molecule has 0 aliphatic carbocycles. The number of nitrogens with two attached hydrogens (primary N) is 1. The molecule has 0 radical (unpaired) electrons. The van der Waals surface area contributed by atoms with E-state index in [-0.39, 0.29) is 0 Å². The lowest BCUT2D eigenvalue weighted by Gasteiger charge is -1.74. The Morgan fingerprint density at radius 1 is 1.38 bits per heavy atom. The van der Waals surface area contributed by atoms with Crippen LogP contribution in [0.25, 0.3) is 0 Å². The van der Waals surface area contributed by atoms with Crippen molar-refractivity contribution in [1.29, 1.82) is 0 Å². The molecule has 2 N–H and O–H groups in total. The number of amides is 1. The molecule has 0 saturated heterocycles. The average molecular weight is 131 g/mol. The van der Waals surface area contributed by atoms with E-state index in [1.165, 1.54) is 0 Å². The molecule has 4 heteroatoms. The highest BCUT2D eigenvalue weighted by Crippen LogP contribution is 1.78. The molecule has 0 aliphatic heterocycles. The van der Waals surface area contributed by atoms with Gasteiger partial charge in [-0.1, -0.05) is 0 Å². The molecule has 0 saturated carbocycles. The van der Waals surface area contributed by atoms with Crippen LogP contribution in [-0.4, -0.2) is 11.0 Å². The van der Waals surface area contributed by atoms with Crippen LogP contribution in [0.15, 0.2) is 12.2 Å². The van der Waals surface area contributed by atoms with Crippen molar-refractivity contribution in [1.82, 2.24) is 0 Å². The Bertz CT molecular complexity index is 125. The Balaban J connectivity index is 3.67. The van der Waals surface area contributed by atoms with E-state index in [0.29, 0.717) is 0 Å². The fourth-order valence-corrected chi connectivity index (χ4v) is 0.228. The molecular formula is C4H5NO2S. The monoisotopic (exact) mass is 131 g/mol. The van der Waals surface area contributed by atoms with Crippen molar-refractivity contribution < 1.29 is 9.59 Å². The number of hydrogen-bond acceptors (Lipinski definition) is 2. The zero-order valence-electron chi connectivity index (χ0n) is 4.00. The number of rotatable bonds is 2. The summed E-state index contributed by atoms with van der Waals surface area (Å²) in [4.78, 5) is 19.8. The van der Waals surface area contributed by atoms with Crippen LogP contribution in [0.1, 0.15) is 0 Å². The van der Waals surface area contributed by atoms with Gasteiger partial charge in [0.05, 0.1) is 0 Å². The summed E-state index contributed by atoms with van der Waals surface area (Å²) in [5.41, 5.74) is 4.63. The molecule has 0 spiro atoms. The van der Waals surface area contributed by atoms with E-state index < -0.39 is 11.0 Å². The third-order valence-corrected chi connectivity index (χ3v) is 0.539. The standard InChI is InChI=1S/C4H5NO2S/c5-3(6)1-2-4(7)8/h1-2H,(H2,5,6)(H,7,8)/b2-1-. The maximum absolute atomic E-state index is 9.92. The van der Waals surface area contributed by atoms with E-state index in [1.807, 2.05) is 0 Å². The fourth-order valence-electron chi connectivity index (χ4n) is 0.153. The molecule has 0 rings (SSSR count). The van der Waals surface area contributed by atoms with Gasteiger partial charge in [-0.15, -0.1) is 12.6 Å². The first-order chi connectivity index (χ1) is 3.63. The summed E-state index contributed by atoms with van der Waals surface area (Å²) in [6, 6.07) is 0. The molecule has 0 bridgehead atoms. The molecule has 44 valence electrons. The summed E-state index contributed by atoms with van der Waals surface area (Å²) in [6.07, 6.45) is 1.95. The van der Waals surface area contributed by atoms with Crippen molar-refractivity contribution in [2.24, 2.45) is 5.73 Å². The Labute approximate surface area is 52.0 Å². The van der Waals surface area contributed by atoms with E-state index >= 15 is 0 Å². The molecule has 0 fully saturated rings. The largest absolute Gasteiger partial charge is 0.366 e. The average Bonchev–Trinajstić information content (AvgIpc) is 1.61. The van der Waals surface area contributed by atoms with Gasteiger partial charge in [0.25, 0.3) is 0 Å². The SMILES string of the molecule is NC(=O)/C=C\C(=O)S. The van der Waals surface area contributed by atoms with Gasteiger partial charge in [0, 0.05) is 6.08 Å². The maximum atomic E-state index is 9.92.